The van der Waals surface area contributed by atoms with Gasteiger partial charge in [-0.2, -0.15) is 0 Å². The molecule has 104 valence electrons. The van der Waals surface area contributed by atoms with Crippen molar-refractivity contribution in [2.24, 2.45) is 0 Å². The van der Waals surface area contributed by atoms with Crippen LogP contribution in [-0.2, 0) is 6.54 Å². The van der Waals surface area contributed by atoms with E-state index in [1.807, 2.05) is 50.2 Å². The lowest BCUT2D eigenvalue weighted by Gasteiger charge is -2.08. The molecule has 0 fully saturated rings. The average Bonchev–Trinajstić information content (AvgIpc) is 2.47. The number of anilines is 1. The quantitative estimate of drug-likeness (QED) is 0.877. The van der Waals surface area contributed by atoms with Crippen molar-refractivity contribution in [1.29, 1.82) is 0 Å². The molecule has 1 amide bonds. The molecule has 4 nitrogen and oxygen atoms in total. The molecule has 0 aliphatic heterocycles. The van der Waals surface area contributed by atoms with Crippen LogP contribution >= 0.6 is 0 Å². The zero-order valence-electron chi connectivity index (χ0n) is 11.8. The average molecular weight is 269 g/mol. The highest BCUT2D eigenvalue weighted by molar-refractivity contribution is 5.94. The summed E-state index contributed by atoms with van der Waals surface area (Å²) >= 11 is 0. The number of aromatic nitrogens is 1. The van der Waals surface area contributed by atoms with E-state index in [0.717, 1.165) is 23.5 Å². The fourth-order valence-electron chi connectivity index (χ4n) is 1.91. The van der Waals surface area contributed by atoms with E-state index in [4.69, 9.17) is 0 Å². The number of nitrogens with zero attached hydrogens (tertiary/aromatic N) is 1. The van der Waals surface area contributed by atoms with Crippen molar-refractivity contribution in [2.75, 3.05) is 11.9 Å². The lowest BCUT2D eigenvalue weighted by atomic mass is 10.2. The lowest BCUT2D eigenvalue weighted by molar-refractivity contribution is 0.0950. The molecule has 1 heterocycles. The number of pyridine rings is 1. The Morgan fingerprint density at radius 3 is 2.60 bits per heavy atom. The molecular formula is C16H19N3O. The van der Waals surface area contributed by atoms with Gasteiger partial charge in [-0.3, -0.25) is 9.78 Å². The molecule has 0 aliphatic carbocycles. The summed E-state index contributed by atoms with van der Waals surface area (Å²) in [5, 5.41) is 6.08. The third kappa shape index (κ3) is 3.57. The Balaban J connectivity index is 1.96. The third-order valence-electron chi connectivity index (χ3n) is 3.06. The van der Waals surface area contributed by atoms with E-state index >= 15 is 0 Å². The predicted octanol–water partition coefficient (Wildman–Crippen LogP) is 2.75. The summed E-state index contributed by atoms with van der Waals surface area (Å²) in [6.45, 7) is 5.33. The summed E-state index contributed by atoms with van der Waals surface area (Å²) < 4.78 is 0. The van der Waals surface area contributed by atoms with Gasteiger partial charge in [-0.1, -0.05) is 6.07 Å². The maximum atomic E-state index is 12.0. The van der Waals surface area contributed by atoms with Crippen LogP contribution in [0.25, 0.3) is 0 Å². The second-order valence-electron chi connectivity index (χ2n) is 4.56. The largest absolute Gasteiger partial charge is 0.385 e. The van der Waals surface area contributed by atoms with Gasteiger partial charge in [0, 0.05) is 24.0 Å². The minimum atomic E-state index is -0.0851. The Bertz CT molecular complexity index is 579. The van der Waals surface area contributed by atoms with Crippen molar-refractivity contribution < 1.29 is 4.79 Å². The number of rotatable bonds is 5. The number of amides is 1. The van der Waals surface area contributed by atoms with Gasteiger partial charge < -0.3 is 10.6 Å². The van der Waals surface area contributed by atoms with Gasteiger partial charge in [0.2, 0.25) is 0 Å². The zero-order chi connectivity index (χ0) is 14.4. The van der Waals surface area contributed by atoms with Crippen LogP contribution in [-0.4, -0.2) is 17.4 Å². The van der Waals surface area contributed by atoms with E-state index in [-0.39, 0.29) is 5.91 Å². The van der Waals surface area contributed by atoms with Crippen LogP contribution in [0, 0.1) is 6.92 Å². The topological polar surface area (TPSA) is 54.0 Å². The molecule has 0 bridgehead atoms. The van der Waals surface area contributed by atoms with E-state index in [2.05, 4.69) is 15.6 Å². The van der Waals surface area contributed by atoms with E-state index < -0.39 is 0 Å². The van der Waals surface area contributed by atoms with Gasteiger partial charge in [-0.15, -0.1) is 0 Å². The predicted molar refractivity (Wildman–Crippen MR) is 80.7 cm³/mol. The summed E-state index contributed by atoms with van der Waals surface area (Å²) in [4.78, 5) is 16.3. The SMILES string of the molecule is CCNc1ccc(C(=O)NCc2ncccc2C)cc1. The van der Waals surface area contributed by atoms with Crippen molar-refractivity contribution in [3.63, 3.8) is 0 Å². The number of carbonyl (C=O) groups excluding carboxylic acids is 1. The Morgan fingerprint density at radius 2 is 1.95 bits per heavy atom. The van der Waals surface area contributed by atoms with Gasteiger partial charge in [-0.25, -0.2) is 0 Å². The molecule has 0 saturated carbocycles. The van der Waals surface area contributed by atoms with Gasteiger partial charge >= 0.3 is 0 Å². The van der Waals surface area contributed by atoms with Crippen LogP contribution in [0.15, 0.2) is 42.6 Å². The Kier molecular flexibility index (Phi) is 4.71. The molecule has 1 aromatic heterocycles. The van der Waals surface area contributed by atoms with Crippen LogP contribution < -0.4 is 10.6 Å². The first-order chi connectivity index (χ1) is 9.70. The Morgan fingerprint density at radius 1 is 1.20 bits per heavy atom. The van der Waals surface area contributed by atoms with Crippen molar-refractivity contribution in [3.05, 3.63) is 59.4 Å². The zero-order valence-corrected chi connectivity index (χ0v) is 11.8. The van der Waals surface area contributed by atoms with Gasteiger partial charge in [0.15, 0.2) is 0 Å². The fraction of sp³-hybridized carbons (Fsp3) is 0.250. The highest BCUT2D eigenvalue weighted by Gasteiger charge is 2.06. The van der Waals surface area contributed by atoms with Crippen LogP contribution in [0.5, 0.6) is 0 Å². The lowest BCUT2D eigenvalue weighted by Crippen LogP contribution is -2.23. The molecule has 20 heavy (non-hydrogen) atoms. The van der Waals surface area contributed by atoms with Gasteiger partial charge in [0.1, 0.15) is 0 Å². The molecule has 0 atom stereocenters. The van der Waals surface area contributed by atoms with E-state index in [0.29, 0.717) is 12.1 Å². The minimum absolute atomic E-state index is 0.0851. The summed E-state index contributed by atoms with van der Waals surface area (Å²) in [6, 6.07) is 11.3. The second kappa shape index (κ2) is 6.70. The Hall–Kier alpha value is -2.36. The number of nitrogens with one attached hydrogen (secondary N) is 2. The molecule has 2 N–H and O–H groups in total. The van der Waals surface area contributed by atoms with Crippen molar-refractivity contribution >= 4 is 11.6 Å². The summed E-state index contributed by atoms with van der Waals surface area (Å²) in [7, 11) is 0. The van der Waals surface area contributed by atoms with E-state index in [9.17, 15) is 4.79 Å². The number of hydrogen-bond donors (Lipinski definition) is 2. The molecule has 0 saturated heterocycles. The molecule has 0 unspecified atom stereocenters. The van der Waals surface area contributed by atoms with Crippen LogP contribution in [0.1, 0.15) is 28.5 Å². The van der Waals surface area contributed by atoms with Crippen molar-refractivity contribution in [3.8, 4) is 0 Å². The molecule has 0 radical (unpaired) electrons. The maximum Gasteiger partial charge on any atom is 0.251 e. The van der Waals surface area contributed by atoms with Gasteiger partial charge in [0.25, 0.3) is 5.91 Å². The molecule has 2 aromatic rings. The monoisotopic (exact) mass is 269 g/mol. The Labute approximate surface area is 119 Å². The second-order valence-corrected chi connectivity index (χ2v) is 4.56. The van der Waals surface area contributed by atoms with E-state index in [1.165, 1.54) is 0 Å². The van der Waals surface area contributed by atoms with Gasteiger partial charge in [0.05, 0.1) is 12.2 Å². The molecule has 4 heteroatoms. The fourth-order valence-corrected chi connectivity index (χ4v) is 1.91. The number of benzene rings is 1. The normalized spacial score (nSPS) is 10.1. The molecule has 0 aliphatic rings. The first-order valence-corrected chi connectivity index (χ1v) is 6.73. The van der Waals surface area contributed by atoms with Crippen molar-refractivity contribution in [2.45, 2.75) is 20.4 Å². The van der Waals surface area contributed by atoms with Crippen LogP contribution in [0.2, 0.25) is 0 Å². The number of aryl methyl sites for hydroxylation is 1. The molecular weight excluding hydrogens is 250 g/mol. The highest BCUT2D eigenvalue weighted by atomic mass is 16.1. The molecule has 0 spiro atoms. The first-order valence-electron chi connectivity index (χ1n) is 6.73. The summed E-state index contributed by atoms with van der Waals surface area (Å²) in [5.41, 5.74) is 3.64. The highest BCUT2D eigenvalue weighted by Crippen LogP contribution is 2.09. The standard InChI is InChI=1S/C16H19N3O/c1-3-17-14-8-6-13(7-9-14)16(20)19-11-15-12(2)5-4-10-18-15/h4-10,17H,3,11H2,1-2H3,(H,19,20). The number of carbonyl (C=O) groups is 1. The van der Waals surface area contributed by atoms with Crippen molar-refractivity contribution in [1.82, 2.24) is 10.3 Å². The van der Waals surface area contributed by atoms with Crippen LogP contribution in [0.3, 0.4) is 0 Å². The molecule has 2 rings (SSSR count). The van der Waals surface area contributed by atoms with Crippen LogP contribution in [0.4, 0.5) is 5.69 Å². The summed E-state index contributed by atoms with van der Waals surface area (Å²) in [6.07, 6.45) is 1.74. The first kappa shape index (κ1) is 14.1. The molecule has 1 aromatic carbocycles. The maximum absolute atomic E-state index is 12.0. The minimum Gasteiger partial charge on any atom is -0.385 e. The third-order valence-corrected chi connectivity index (χ3v) is 3.06. The summed E-state index contributed by atoms with van der Waals surface area (Å²) in [5.74, 6) is -0.0851. The smallest absolute Gasteiger partial charge is 0.251 e. The van der Waals surface area contributed by atoms with Gasteiger partial charge in [-0.05, 0) is 49.7 Å². The number of hydrogen-bond acceptors (Lipinski definition) is 3. The van der Waals surface area contributed by atoms with E-state index in [1.54, 1.807) is 6.20 Å².